The Bertz CT molecular complexity index is 2620. The van der Waals surface area contributed by atoms with E-state index >= 15 is 0 Å². The molecule has 0 aliphatic carbocycles. The van der Waals surface area contributed by atoms with Crippen molar-refractivity contribution in [2.45, 2.75) is 25.0 Å². The fraction of sp³-hybridized carbons (Fsp3) is 0.143. The van der Waals surface area contributed by atoms with E-state index in [0.29, 0.717) is 47.7 Å². The Labute approximate surface area is 373 Å². The molecule has 0 atom stereocenters. The van der Waals surface area contributed by atoms with Crippen molar-refractivity contribution in [1.82, 2.24) is 0 Å². The van der Waals surface area contributed by atoms with Gasteiger partial charge >= 0.3 is 0 Å². The lowest BCUT2D eigenvalue weighted by molar-refractivity contribution is 0.0214. The molecular weight excluding hydrogens is 801 g/mol. The van der Waals surface area contributed by atoms with Crippen LogP contribution in [-0.2, 0) is 20.7 Å². The van der Waals surface area contributed by atoms with Crippen LogP contribution in [0.2, 0.25) is 0 Å². The molecule has 25 rings (SSSR count). The van der Waals surface area contributed by atoms with Crippen LogP contribution in [0.4, 0.5) is 0 Å². The highest BCUT2D eigenvalue weighted by atomic mass is 16.5. The zero-order valence-corrected chi connectivity index (χ0v) is 35.0. The van der Waals surface area contributed by atoms with Crippen molar-refractivity contribution in [2.24, 2.45) is 0 Å². The molecule has 8 heteroatoms. The van der Waals surface area contributed by atoms with E-state index in [1.165, 1.54) is 0 Å². The predicted molar refractivity (Wildman–Crippen MR) is 242 cm³/mol. The molecule has 310 valence electrons. The van der Waals surface area contributed by atoms with Gasteiger partial charge in [0.05, 0.1) is 0 Å². The molecule has 0 spiro atoms. The van der Waals surface area contributed by atoms with Crippen LogP contribution in [-0.4, -0.2) is 26.4 Å². The highest BCUT2D eigenvalue weighted by molar-refractivity contribution is 5.53. The molecule has 0 saturated carbocycles. The Morgan fingerprint density at radius 3 is 0.812 bits per heavy atom. The zero-order chi connectivity index (χ0) is 43.9. The first kappa shape index (κ1) is 42.1. The molecule has 8 nitrogen and oxygen atoms in total. The van der Waals surface area contributed by atoms with Crippen molar-refractivity contribution in [2.75, 3.05) is 26.4 Å². The van der Waals surface area contributed by atoms with Crippen molar-refractivity contribution in [3.63, 3.8) is 0 Å². The van der Waals surface area contributed by atoms with Gasteiger partial charge in [-0.1, -0.05) is 72.8 Å². The monoisotopic (exact) mass is 838 g/mol. The standard InChI is InChI=1S/C56H38O8/c1-3-63-55-43-13-25-49(26-14-43)57-37-7-5-6-8-38-58-50-27-15-44(16-28-50)56(64-4-2,47-21-33-53(34-22-47)61-41-11-9-39-59-51-29-17-45(55)18-30-51)48-23-35-54(36-24-48)62-42-12-10-40-60-52-31-19-46(55)20-32-52/h13-36H,3-4,37-38H2,1-2H3. The highest BCUT2D eigenvalue weighted by Gasteiger charge is 2.39. The van der Waals surface area contributed by atoms with Gasteiger partial charge in [0.15, 0.2) is 0 Å². The SMILES string of the molecule is CCOC12c3ccc(cc3)OC#CC#COc3ccc(cc3)C(OCC)(c3ccc(cc3)OC#CC#COc3ccc1cc3)c1ccc(cc1)OCC#CC#CCOc1ccc2cc1. The van der Waals surface area contributed by atoms with Gasteiger partial charge < -0.3 is 37.9 Å². The fourth-order valence-corrected chi connectivity index (χ4v) is 7.37. The largest absolute Gasteiger partial charge is 0.481 e. The molecule has 14 bridgehead atoms. The van der Waals surface area contributed by atoms with E-state index in [-0.39, 0.29) is 13.2 Å². The lowest BCUT2D eigenvalue weighted by atomic mass is 9.80. The smallest absolute Gasteiger partial charge is 0.150 e. The lowest BCUT2D eigenvalue weighted by Gasteiger charge is -2.35. The van der Waals surface area contributed by atoms with Gasteiger partial charge in [0.2, 0.25) is 0 Å². The normalized spacial score (nSPS) is 17.0. The van der Waals surface area contributed by atoms with Crippen molar-refractivity contribution in [3.05, 3.63) is 179 Å². The van der Waals surface area contributed by atoms with Crippen molar-refractivity contribution < 1.29 is 37.9 Å². The van der Waals surface area contributed by atoms with Crippen LogP contribution in [0, 0.1) is 71.8 Å². The number of ether oxygens (including phenoxy) is 8. The van der Waals surface area contributed by atoms with E-state index in [9.17, 15) is 0 Å². The minimum Gasteiger partial charge on any atom is -0.481 e. The molecule has 0 N–H and O–H groups in total. The molecule has 0 saturated heterocycles. The summed E-state index contributed by atoms with van der Waals surface area (Å²) in [5.74, 6) is 25.8. The van der Waals surface area contributed by atoms with Crippen LogP contribution in [0.15, 0.2) is 146 Å². The number of hydrogen-bond acceptors (Lipinski definition) is 8. The van der Waals surface area contributed by atoms with Gasteiger partial charge in [-0.05, 0) is 144 Å². The van der Waals surface area contributed by atoms with Gasteiger partial charge in [-0.25, -0.2) is 0 Å². The average Bonchev–Trinajstić information content (AvgIpc) is 3.34. The summed E-state index contributed by atoms with van der Waals surface area (Å²) in [5.41, 5.74) is 2.99. The van der Waals surface area contributed by atoms with Gasteiger partial charge in [-0.15, -0.1) is 0 Å². The molecule has 64 heavy (non-hydrogen) atoms. The summed E-state index contributed by atoms with van der Waals surface area (Å²) in [7, 11) is 0. The quantitative estimate of drug-likeness (QED) is 0.163. The maximum Gasteiger partial charge on any atom is 0.150 e. The van der Waals surface area contributed by atoms with E-state index in [1.807, 2.05) is 159 Å². The maximum atomic E-state index is 6.73. The average molecular weight is 839 g/mol. The topological polar surface area (TPSA) is 73.8 Å². The first-order valence-corrected chi connectivity index (χ1v) is 20.4. The van der Waals surface area contributed by atoms with Gasteiger partial charge in [-0.3, -0.25) is 0 Å². The summed E-state index contributed by atoms with van der Waals surface area (Å²) >= 11 is 0. The van der Waals surface area contributed by atoms with Crippen molar-refractivity contribution >= 4 is 0 Å². The number of benzene rings is 6. The third kappa shape index (κ3) is 9.47. The first-order chi connectivity index (χ1) is 31.6. The Morgan fingerprint density at radius 2 is 0.578 bits per heavy atom. The van der Waals surface area contributed by atoms with Crippen molar-refractivity contribution in [3.8, 4) is 106 Å². The van der Waals surface area contributed by atoms with Crippen LogP contribution in [0.5, 0.6) is 34.5 Å². The second-order valence-corrected chi connectivity index (χ2v) is 13.9. The predicted octanol–water partition coefficient (Wildman–Crippen LogP) is 9.19. The molecule has 0 aromatic heterocycles. The van der Waals surface area contributed by atoms with Crippen LogP contribution >= 0.6 is 0 Å². The minimum absolute atomic E-state index is 0.145. The molecule has 6 aromatic rings. The van der Waals surface area contributed by atoms with Crippen molar-refractivity contribution in [1.29, 1.82) is 0 Å². The second-order valence-electron chi connectivity index (χ2n) is 13.9. The molecular formula is C56H38O8. The highest BCUT2D eigenvalue weighted by Crippen LogP contribution is 2.44. The van der Waals surface area contributed by atoms with E-state index in [0.717, 1.165) is 33.4 Å². The van der Waals surface area contributed by atoms with Gasteiger partial charge in [0.1, 0.15) is 83.3 Å². The summed E-state index contributed by atoms with van der Waals surface area (Å²) in [4.78, 5) is 0. The van der Waals surface area contributed by atoms with E-state index < -0.39 is 11.2 Å². The fourth-order valence-electron chi connectivity index (χ4n) is 7.37. The second kappa shape index (κ2) is 20.3. The summed E-state index contributed by atoms with van der Waals surface area (Å²) in [6.07, 6.45) is 10.6. The lowest BCUT2D eigenvalue weighted by Crippen LogP contribution is -2.33. The third-order valence-electron chi connectivity index (χ3n) is 10.2. The molecule has 19 aliphatic heterocycles. The van der Waals surface area contributed by atoms with Crippen LogP contribution in [0.25, 0.3) is 0 Å². The molecule has 0 fully saturated rings. The molecule has 0 unspecified atom stereocenters. The molecule has 19 heterocycles. The van der Waals surface area contributed by atoms with Gasteiger partial charge in [-0.2, -0.15) is 0 Å². The molecule has 6 aromatic carbocycles. The summed E-state index contributed by atoms with van der Waals surface area (Å²) < 4.78 is 48.4. The maximum absolute atomic E-state index is 6.73. The van der Waals surface area contributed by atoms with Crippen LogP contribution in [0.3, 0.4) is 0 Å². The Kier molecular flexibility index (Phi) is 13.4. The first-order valence-electron chi connectivity index (χ1n) is 20.4. The third-order valence-corrected chi connectivity index (χ3v) is 10.2. The van der Waals surface area contributed by atoms with Gasteiger partial charge in [0.25, 0.3) is 0 Å². The Hall–Kier alpha value is -8.60. The molecule has 0 radical (unpaired) electrons. The van der Waals surface area contributed by atoms with E-state index in [4.69, 9.17) is 37.9 Å². The zero-order valence-electron chi connectivity index (χ0n) is 35.0. The molecule has 19 aliphatic rings. The Balaban J connectivity index is 1.25. The van der Waals surface area contributed by atoms with Crippen LogP contribution < -0.4 is 28.4 Å². The minimum atomic E-state index is -1.05. The summed E-state index contributed by atoms with van der Waals surface area (Å²) in [5, 5.41) is 0. The van der Waals surface area contributed by atoms with Gasteiger partial charge in [0, 0.05) is 36.9 Å². The number of hydrogen-bond donors (Lipinski definition) is 0. The summed E-state index contributed by atoms with van der Waals surface area (Å²) in [6, 6.07) is 45.6. The summed E-state index contributed by atoms with van der Waals surface area (Å²) in [6.45, 7) is 4.98. The molecule has 0 amide bonds. The Morgan fingerprint density at radius 1 is 0.344 bits per heavy atom. The number of rotatable bonds is 4. The van der Waals surface area contributed by atoms with E-state index in [1.54, 1.807) is 0 Å². The van der Waals surface area contributed by atoms with Crippen LogP contribution in [0.1, 0.15) is 47.2 Å². The van der Waals surface area contributed by atoms with E-state index in [2.05, 4.69) is 71.8 Å².